The number of rotatable bonds is 1. The number of hydrogen-bond acceptors (Lipinski definition) is 2. The molecule has 0 radical (unpaired) electrons. The van der Waals surface area contributed by atoms with Gasteiger partial charge in [0.1, 0.15) is 0 Å². The maximum absolute atomic E-state index is 9.49. The monoisotopic (exact) mass is 157 g/mol. The van der Waals surface area contributed by atoms with E-state index >= 15 is 0 Å². The Hall–Kier alpha value is -0.0800. The van der Waals surface area contributed by atoms with Crippen LogP contribution in [0.15, 0.2) is 0 Å². The molecule has 1 saturated heterocycles. The lowest BCUT2D eigenvalue weighted by Crippen LogP contribution is -2.23. The molecule has 2 N–H and O–H groups in total. The Morgan fingerprint density at radius 1 is 1.36 bits per heavy atom. The van der Waals surface area contributed by atoms with E-state index in [-0.39, 0.29) is 6.10 Å². The van der Waals surface area contributed by atoms with E-state index in [1.165, 1.54) is 0 Å². The maximum Gasteiger partial charge on any atom is 0.0705 e. The summed E-state index contributed by atoms with van der Waals surface area (Å²) in [5.41, 5.74) is 0.345. The lowest BCUT2D eigenvalue weighted by molar-refractivity contribution is 0.120. The number of β-amino-alcohol motifs (C(OH)–C–C–N with tert-alkyl or cyclic N) is 1. The molecular formula is C9H19NO. The van der Waals surface area contributed by atoms with Crippen molar-refractivity contribution >= 4 is 0 Å². The van der Waals surface area contributed by atoms with Gasteiger partial charge in [-0.2, -0.15) is 0 Å². The Labute approximate surface area is 69.0 Å². The van der Waals surface area contributed by atoms with Crippen LogP contribution in [0.4, 0.5) is 0 Å². The third kappa shape index (κ3) is 2.80. The molecule has 0 bridgehead atoms. The van der Waals surface area contributed by atoms with Gasteiger partial charge in [0.15, 0.2) is 0 Å². The van der Waals surface area contributed by atoms with Gasteiger partial charge in [-0.3, -0.25) is 0 Å². The predicted octanol–water partition coefficient (Wildman–Crippen LogP) is 1.00. The van der Waals surface area contributed by atoms with Crippen LogP contribution in [0.5, 0.6) is 0 Å². The van der Waals surface area contributed by atoms with Crippen LogP contribution in [0.2, 0.25) is 0 Å². The van der Waals surface area contributed by atoms with Crippen molar-refractivity contribution in [2.45, 2.75) is 33.3 Å². The van der Waals surface area contributed by atoms with E-state index in [0.717, 1.165) is 19.5 Å². The van der Waals surface area contributed by atoms with Gasteiger partial charge < -0.3 is 10.4 Å². The maximum atomic E-state index is 9.49. The Balaban J connectivity index is 2.37. The first kappa shape index (κ1) is 9.01. The van der Waals surface area contributed by atoms with Gasteiger partial charge in [-0.15, -0.1) is 0 Å². The highest BCUT2D eigenvalue weighted by Gasteiger charge is 2.28. The summed E-state index contributed by atoms with van der Waals surface area (Å²) in [6.45, 7) is 8.42. The van der Waals surface area contributed by atoms with E-state index in [2.05, 4.69) is 26.1 Å². The minimum atomic E-state index is -0.116. The van der Waals surface area contributed by atoms with E-state index in [1.54, 1.807) is 0 Å². The van der Waals surface area contributed by atoms with E-state index in [9.17, 15) is 5.11 Å². The SMILES string of the molecule is CC(C)(C)CC1CNCC1O. The number of aliphatic hydroxyl groups is 1. The third-order valence-corrected chi connectivity index (χ3v) is 2.18. The van der Waals surface area contributed by atoms with Crippen molar-refractivity contribution in [2.75, 3.05) is 13.1 Å². The van der Waals surface area contributed by atoms with Crippen LogP contribution in [0.1, 0.15) is 27.2 Å². The molecule has 1 rings (SSSR count). The minimum absolute atomic E-state index is 0.116. The molecule has 1 heterocycles. The molecule has 11 heavy (non-hydrogen) atoms. The largest absolute Gasteiger partial charge is 0.391 e. The van der Waals surface area contributed by atoms with Crippen LogP contribution in [0.25, 0.3) is 0 Å². The second-order valence-electron chi connectivity index (χ2n) is 4.75. The average molecular weight is 157 g/mol. The van der Waals surface area contributed by atoms with Gasteiger partial charge in [-0.1, -0.05) is 20.8 Å². The van der Waals surface area contributed by atoms with Crippen LogP contribution in [0.3, 0.4) is 0 Å². The zero-order chi connectivity index (χ0) is 8.48. The first-order valence-corrected chi connectivity index (χ1v) is 4.38. The highest BCUT2D eigenvalue weighted by atomic mass is 16.3. The highest BCUT2D eigenvalue weighted by Crippen LogP contribution is 2.27. The molecule has 2 nitrogen and oxygen atoms in total. The molecule has 1 aliphatic rings. The summed E-state index contributed by atoms with van der Waals surface area (Å²) in [5.74, 6) is 0.468. The molecule has 2 heteroatoms. The molecule has 0 saturated carbocycles. The van der Waals surface area contributed by atoms with Crippen molar-refractivity contribution in [2.24, 2.45) is 11.3 Å². The predicted molar refractivity (Wildman–Crippen MR) is 46.4 cm³/mol. The summed E-state index contributed by atoms with van der Waals surface area (Å²) >= 11 is 0. The highest BCUT2D eigenvalue weighted by molar-refractivity contribution is 4.83. The zero-order valence-electron chi connectivity index (χ0n) is 7.72. The van der Waals surface area contributed by atoms with Gasteiger partial charge >= 0.3 is 0 Å². The van der Waals surface area contributed by atoms with Crippen LogP contribution < -0.4 is 5.32 Å². The second-order valence-corrected chi connectivity index (χ2v) is 4.75. The number of aliphatic hydroxyl groups excluding tert-OH is 1. The van der Waals surface area contributed by atoms with Crippen molar-refractivity contribution in [1.29, 1.82) is 0 Å². The Morgan fingerprint density at radius 2 is 2.00 bits per heavy atom. The first-order valence-electron chi connectivity index (χ1n) is 4.38. The molecule has 0 aromatic heterocycles. The van der Waals surface area contributed by atoms with Crippen molar-refractivity contribution in [1.82, 2.24) is 5.32 Å². The van der Waals surface area contributed by atoms with Crippen LogP contribution in [-0.4, -0.2) is 24.3 Å². The fourth-order valence-electron chi connectivity index (χ4n) is 1.71. The summed E-state index contributed by atoms with van der Waals surface area (Å²) < 4.78 is 0. The molecule has 0 aliphatic carbocycles. The Kier molecular flexibility index (Phi) is 2.55. The van der Waals surface area contributed by atoms with E-state index < -0.39 is 0 Å². The molecule has 0 spiro atoms. The number of hydrogen-bond donors (Lipinski definition) is 2. The molecule has 0 aromatic rings. The summed E-state index contributed by atoms with van der Waals surface area (Å²) in [4.78, 5) is 0. The average Bonchev–Trinajstić information content (AvgIpc) is 2.12. The van der Waals surface area contributed by atoms with Crippen molar-refractivity contribution in [3.8, 4) is 0 Å². The van der Waals surface area contributed by atoms with Gasteiger partial charge in [0.2, 0.25) is 0 Å². The lowest BCUT2D eigenvalue weighted by Gasteiger charge is -2.24. The van der Waals surface area contributed by atoms with Crippen LogP contribution in [0, 0.1) is 11.3 Å². The van der Waals surface area contributed by atoms with Crippen LogP contribution >= 0.6 is 0 Å². The molecule has 66 valence electrons. The van der Waals surface area contributed by atoms with Crippen molar-refractivity contribution < 1.29 is 5.11 Å². The second kappa shape index (κ2) is 3.11. The Bertz CT molecular complexity index is 128. The minimum Gasteiger partial charge on any atom is -0.391 e. The van der Waals surface area contributed by atoms with Gasteiger partial charge in [-0.05, 0) is 17.8 Å². The van der Waals surface area contributed by atoms with Gasteiger partial charge in [0, 0.05) is 13.1 Å². The van der Waals surface area contributed by atoms with Gasteiger partial charge in [-0.25, -0.2) is 0 Å². The van der Waals surface area contributed by atoms with Gasteiger partial charge in [0.25, 0.3) is 0 Å². The first-order chi connectivity index (χ1) is 4.99. The normalized spacial score (nSPS) is 32.7. The number of nitrogens with one attached hydrogen (secondary N) is 1. The Morgan fingerprint density at radius 3 is 2.36 bits per heavy atom. The molecule has 2 unspecified atom stereocenters. The van der Waals surface area contributed by atoms with E-state index in [0.29, 0.717) is 11.3 Å². The molecule has 1 aliphatic heterocycles. The van der Waals surface area contributed by atoms with E-state index in [1.807, 2.05) is 0 Å². The third-order valence-electron chi connectivity index (χ3n) is 2.18. The van der Waals surface area contributed by atoms with Crippen molar-refractivity contribution in [3.63, 3.8) is 0 Å². The molecule has 2 atom stereocenters. The summed E-state index contributed by atoms with van der Waals surface area (Å²) in [7, 11) is 0. The quantitative estimate of drug-likeness (QED) is 0.595. The zero-order valence-corrected chi connectivity index (χ0v) is 7.72. The topological polar surface area (TPSA) is 32.3 Å². The van der Waals surface area contributed by atoms with Gasteiger partial charge in [0.05, 0.1) is 6.10 Å². The fraction of sp³-hybridized carbons (Fsp3) is 1.00. The summed E-state index contributed by atoms with van der Waals surface area (Å²) in [5, 5.41) is 12.7. The lowest BCUT2D eigenvalue weighted by atomic mass is 9.83. The van der Waals surface area contributed by atoms with Crippen molar-refractivity contribution in [3.05, 3.63) is 0 Å². The standard InChI is InChI=1S/C9H19NO/c1-9(2,3)4-7-5-10-6-8(7)11/h7-8,10-11H,4-6H2,1-3H3. The van der Waals surface area contributed by atoms with Crippen LogP contribution in [-0.2, 0) is 0 Å². The molecule has 0 amide bonds. The van der Waals surface area contributed by atoms with E-state index in [4.69, 9.17) is 0 Å². The fourth-order valence-corrected chi connectivity index (χ4v) is 1.71. The smallest absolute Gasteiger partial charge is 0.0705 e. The molecule has 1 fully saturated rings. The summed E-state index contributed by atoms with van der Waals surface area (Å²) in [6.07, 6.45) is 0.996. The molecule has 0 aromatic carbocycles. The molecular weight excluding hydrogens is 138 g/mol. The summed E-state index contributed by atoms with van der Waals surface area (Å²) in [6, 6.07) is 0.